The Bertz CT molecular complexity index is 1070. The summed E-state index contributed by atoms with van der Waals surface area (Å²) in [6.45, 7) is 4.87. The van der Waals surface area contributed by atoms with Gasteiger partial charge in [-0.15, -0.1) is 0 Å². The van der Waals surface area contributed by atoms with Gasteiger partial charge in [-0.2, -0.15) is 0 Å². The van der Waals surface area contributed by atoms with Crippen LogP contribution >= 0.6 is 0 Å². The fourth-order valence-electron chi connectivity index (χ4n) is 8.11. The summed E-state index contributed by atoms with van der Waals surface area (Å²) in [4.78, 5) is 24.5. The summed E-state index contributed by atoms with van der Waals surface area (Å²) in [7, 11) is 0. The second-order valence-electron chi connectivity index (χ2n) is 18.6. The first kappa shape index (κ1) is 60.8. The second kappa shape index (κ2) is 52.4. The summed E-state index contributed by atoms with van der Waals surface area (Å²) in [5.74, 6) is -0.0822. The summed E-state index contributed by atoms with van der Waals surface area (Å²) in [5.41, 5.74) is 0. The molecule has 3 N–H and O–H groups in total. The van der Waals surface area contributed by atoms with Crippen molar-refractivity contribution in [3.05, 3.63) is 48.6 Å². The Morgan fingerprint density at radius 2 is 0.794 bits per heavy atom. The van der Waals surface area contributed by atoms with Gasteiger partial charge in [-0.1, -0.05) is 217 Å². The number of rotatable bonds is 50. The van der Waals surface area contributed by atoms with Crippen molar-refractivity contribution in [1.29, 1.82) is 0 Å². The lowest BCUT2D eigenvalue weighted by Crippen LogP contribution is -2.45. The van der Waals surface area contributed by atoms with Gasteiger partial charge >= 0.3 is 5.97 Å². The number of nitrogens with one attached hydrogen (secondary N) is 1. The molecule has 63 heavy (non-hydrogen) atoms. The molecule has 0 aliphatic heterocycles. The minimum atomic E-state index is -0.675. The third-order valence-corrected chi connectivity index (χ3v) is 12.4. The quantitative estimate of drug-likeness (QED) is 0.0321. The molecule has 0 heterocycles. The highest BCUT2D eigenvalue weighted by molar-refractivity contribution is 5.76. The highest BCUT2D eigenvalue weighted by Crippen LogP contribution is 2.16. The maximum Gasteiger partial charge on any atom is 0.305 e. The van der Waals surface area contributed by atoms with E-state index in [0.29, 0.717) is 25.9 Å². The number of hydrogen-bond donors (Lipinski definition) is 3. The van der Waals surface area contributed by atoms with Crippen LogP contribution < -0.4 is 5.32 Å². The average molecular weight is 884 g/mol. The molecule has 2 atom stereocenters. The van der Waals surface area contributed by atoms with Gasteiger partial charge in [0.15, 0.2) is 0 Å². The van der Waals surface area contributed by atoms with Gasteiger partial charge in [-0.05, 0) is 96.3 Å². The standard InChI is InChI=1S/C57H105NO5/c1-3-5-7-9-11-13-15-17-18-23-27-31-35-39-43-47-51-57(62)63-52-48-44-40-36-32-28-24-21-19-20-22-26-30-34-38-42-46-50-56(61)58-54(53-59)55(60)49-45-41-37-33-29-25-16-14-12-10-8-6-4-2/h13,15,18-19,21,23,28,32,54-55,59-60H,3-12,14,16-17,20,22,24-27,29-31,33-53H2,1-2H3,(H,58,61)/b15-13-,21-19-,23-18-,32-28-. The number of carbonyl (C=O) groups excluding carboxylic acids is 2. The van der Waals surface area contributed by atoms with E-state index in [9.17, 15) is 19.8 Å². The van der Waals surface area contributed by atoms with E-state index in [0.717, 1.165) is 96.3 Å². The SMILES string of the molecule is CCCCCC/C=C\C/C=C\CCCCCCCC(=O)OCCCCC/C=C\C/C=C\CCCCCCCCCC(=O)NC(CO)C(O)CCCCCCCCCCCCCCC. The lowest BCUT2D eigenvalue weighted by Gasteiger charge is -2.22. The monoisotopic (exact) mass is 884 g/mol. The number of allylic oxidation sites excluding steroid dienone is 8. The molecule has 0 aromatic heterocycles. The van der Waals surface area contributed by atoms with Crippen LogP contribution in [0.25, 0.3) is 0 Å². The van der Waals surface area contributed by atoms with Crippen LogP contribution in [0.4, 0.5) is 0 Å². The molecule has 6 nitrogen and oxygen atoms in total. The molecular formula is C57H105NO5. The molecule has 0 saturated heterocycles. The van der Waals surface area contributed by atoms with Crippen LogP contribution in [-0.4, -0.2) is 47.4 Å². The molecule has 0 saturated carbocycles. The Labute approximate surface area is 391 Å². The number of carbonyl (C=O) groups is 2. The van der Waals surface area contributed by atoms with E-state index in [1.54, 1.807) is 0 Å². The maximum absolute atomic E-state index is 12.4. The van der Waals surface area contributed by atoms with Crippen molar-refractivity contribution in [2.45, 2.75) is 289 Å². The van der Waals surface area contributed by atoms with E-state index in [2.05, 4.69) is 67.8 Å². The largest absolute Gasteiger partial charge is 0.466 e. The first-order valence-electron chi connectivity index (χ1n) is 27.4. The summed E-state index contributed by atoms with van der Waals surface area (Å²) in [6.07, 6.45) is 65.2. The van der Waals surface area contributed by atoms with Crippen molar-refractivity contribution >= 4 is 11.9 Å². The molecule has 6 heteroatoms. The lowest BCUT2D eigenvalue weighted by atomic mass is 10.0. The van der Waals surface area contributed by atoms with E-state index < -0.39 is 12.1 Å². The zero-order valence-corrected chi connectivity index (χ0v) is 41.8. The van der Waals surface area contributed by atoms with Gasteiger partial charge in [0, 0.05) is 12.8 Å². The maximum atomic E-state index is 12.4. The predicted molar refractivity (Wildman–Crippen MR) is 273 cm³/mol. The molecule has 1 amide bonds. The fourth-order valence-corrected chi connectivity index (χ4v) is 8.11. The minimum absolute atomic E-state index is 0.0296. The van der Waals surface area contributed by atoms with Crippen molar-refractivity contribution < 1.29 is 24.5 Å². The van der Waals surface area contributed by atoms with Gasteiger partial charge in [0.25, 0.3) is 0 Å². The minimum Gasteiger partial charge on any atom is -0.466 e. The van der Waals surface area contributed by atoms with Crippen molar-refractivity contribution in [2.75, 3.05) is 13.2 Å². The second-order valence-corrected chi connectivity index (χ2v) is 18.6. The summed E-state index contributed by atoms with van der Waals surface area (Å²) in [5, 5.41) is 23.2. The first-order chi connectivity index (χ1) is 31.0. The Morgan fingerprint density at radius 3 is 1.22 bits per heavy atom. The van der Waals surface area contributed by atoms with Crippen LogP contribution in [0, 0.1) is 0 Å². The fraction of sp³-hybridized carbons (Fsp3) is 0.825. The third kappa shape index (κ3) is 49.1. The normalized spacial score (nSPS) is 13.0. The van der Waals surface area contributed by atoms with Crippen molar-refractivity contribution in [3.63, 3.8) is 0 Å². The van der Waals surface area contributed by atoms with Crippen LogP contribution in [0.15, 0.2) is 48.6 Å². The number of aliphatic hydroxyl groups is 2. The molecule has 0 rings (SSSR count). The molecule has 0 fully saturated rings. The van der Waals surface area contributed by atoms with E-state index in [-0.39, 0.29) is 18.5 Å². The van der Waals surface area contributed by atoms with Gasteiger partial charge < -0.3 is 20.3 Å². The van der Waals surface area contributed by atoms with Crippen LogP contribution in [-0.2, 0) is 14.3 Å². The number of esters is 1. The zero-order valence-electron chi connectivity index (χ0n) is 41.8. The summed E-state index contributed by atoms with van der Waals surface area (Å²) in [6, 6.07) is -0.554. The molecular weight excluding hydrogens is 779 g/mol. The van der Waals surface area contributed by atoms with Crippen molar-refractivity contribution in [1.82, 2.24) is 5.32 Å². The Morgan fingerprint density at radius 1 is 0.444 bits per heavy atom. The van der Waals surface area contributed by atoms with Gasteiger partial charge in [-0.3, -0.25) is 9.59 Å². The van der Waals surface area contributed by atoms with E-state index >= 15 is 0 Å². The summed E-state index contributed by atoms with van der Waals surface area (Å²) >= 11 is 0. The smallest absolute Gasteiger partial charge is 0.305 e. The molecule has 0 radical (unpaired) electrons. The highest BCUT2D eigenvalue weighted by atomic mass is 16.5. The predicted octanol–water partition coefficient (Wildman–Crippen LogP) is 16.6. The Hall–Kier alpha value is -2.18. The van der Waals surface area contributed by atoms with E-state index in [1.807, 2.05) is 0 Å². The number of ether oxygens (including phenoxy) is 1. The Balaban J connectivity index is 3.51. The number of aliphatic hydroxyl groups excluding tert-OH is 2. The van der Waals surface area contributed by atoms with E-state index in [4.69, 9.17) is 4.74 Å². The number of unbranched alkanes of at least 4 members (excludes halogenated alkanes) is 31. The van der Waals surface area contributed by atoms with Gasteiger partial charge in [0.2, 0.25) is 5.91 Å². The zero-order chi connectivity index (χ0) is 45.8. The first-order valence-corrected chi connectivity index (χ1v) is 27.4. The van der Waals surface area contributed by atoms with Crippen LogP contribution in [0.5, 0.6) is 0 Å². The Kier molecular flexibility index (Phi) is 50.6. The molecule has 368 valence electrons. The summed E-state index contributed by atoms with van der Waals surface area (Å²) < 4.78 is 5.44. The molecule has 2 unspecified atom stereocenters. The third-order valence-electron chi connectivity index (χ3n) is 12.4. The van der Waals surface area contributed by atoms with Crippen LogP contribution in [0.3, 0.4) is 0 Å². The van der Waals surface area contributed by atoms with E-state index in [1.165, 1.54) is 148 Å². The molecule has 0 aliphatic carbocycles. The molecule has 0 aromatic carbocycles. The van der Waals surface area contributed by atoms with Crippen molar-refractivity contribution in [2.24, 2.45) is 0 Å². The lowest BCUT2D eigenvalue weighted by molar-refractivity contribution is -0.143. The molecule has 0 spiro atoms. The van der Waals surface area contributed by atoms with Gasteiger partial charge in [-0.25, -0.2) is 0 Å². The molecule has 0 aliphatic rings. The van der Waals surface area contributed by atoms with Gasteiger partial charge in [0.05, 0.1) is 25.4 Å². The topological polar surface area (TPSA) is 95.9 Å². The highest BCUT2D eigenvalue weighted by Gasteiger charge is 2.20. The average Bonchev–Trinajstić information content (AvgIpc) is 3.28. The number of hydrogen-bond acceptors (Lipinski definition) is 5. The van der Waals surface area contributed by atoms with Crippen molar-refractivity contribution in [3.8, 4) is 0 Å². The van der Waals surface area contributed by atoms with Crippen LogP contribution in [0.1, 0.15) is 277 Å². The molecule has 0 aromatic rings. The number of amides is 1. The van der Waals surface area contributed by atoms with Crippen LogP contribution in [0.2, 0.25) is 0 Å². The molecule has 0 bridgehead atoms. The van der Waals surface area contributed by atoms with Gasteiger partial charge in [0.1, 0.15) is 0 Å².